The molecule has 0 unspecified atom stereocenters. The molecule has 0 atom stereocenters. The Kier molecular flexibility index (Phi) is 5.52. The lowest BCUT2D eigenvalue weighted by atomic mass is 10.1. The molecule has 31 heavy (non-hydrogen) atoms. The van der Waals surface area contributed by atoms with Crippen molar-refractivity contribution in [2.75, 3.05) is 0 Å². The minimum Gasteiger partial charge on any atom is -0.418 e. The molecule has 0 bridgehead atoms. The topological polar surface area (TPSA) is 34.0 Å². The average molecular weight is 482 g/mol. The van der Waals surface area contributed by atoms with Crippen LogP contribution < -0.4 is 0 Å². The lowest BCUT2D eigenvalue weighted by Gasteiger charge is -2.36. The second kappa shape index (κ2) is 6.94. The zero-order valence-electron chi connectivity index (χ0n) is 13.9. The van der Waals surface area contributed by atoms with Crippen LogP contribution >= 0.6 is 0 Å². The van der Waals surface area contributed by atoms with Gasteiger partial charge >= 0.3 is 36.0 Å². The van der Waals surface area contributed by atoms with Gasteiger partial charge in [-0.1, -0.05) is 0 Å². The standard InChI is InChI=1S/C14H4F14N2O/c15-6-3-1-5(2-4-6)7-29-11(13(23,24)25,14(26,27)28)30-8(31-7)9(16,17)10(18,19)12(20,21)22/h1-4H. The van der Waals surface area contributed by atoms with Crippen molar-refractivity contribution in [3.8, 4) is 0 Å². The van der Waals surface area contributed by atoms with Crippen LogP contribution in [0.25, 0.3) is 0 Å². The second-order valence-electron chi connectivity index (χ2n) is 5.76. The third-order valence-corrected chi connectivity index (χ3v) is 3.62. The molecule has 0 radical (unpaired) electrons. The summed E-state index contributed by atoms with van der Waals surface area (Å²) in [6.45, 7) is 0. The van der Waals surface area contributed by atoms with E-state index in [0.717, 1.165) is 0 Å². The number of rotatable bonds is 3. The highest BCUT2D eigenvalue weighted by atomic mass is 19.4. The molecule has 1 heterocycles. The van der Waals surface area contributed by atoms with Gasteiger partial charge in [-0.3, -0.25) is 0 Å². The molecule has 0 amide bonds. The van der Waals surface area contributed by atoms with E-state index in [1.54, 1.807) is 0 Å². The number of hydrogen-bond donors (Lipinski definition) is 0. The summed E-state index contributed by atoms with van der Waals surface area (Å²) >= 11 is 0. The predicted octanol–water partition coefficient (Wildman–Crippen LogP) is 5.65. The number of benzene rings is 1. The number of halogens is 14. The monoisotopic (exact) mass is 482 g/mol. The van der Waals surface area contributed by atoms with Crippen molar-refractivity contribution in [3.63, 3.8) is 0 Å². The van der Waals surface area contributed by atoms with Crippen LogP contribution in [-0.4, -0.2) is 47.8 Å². The summed E-state index contributed by atoms with van der Waals surface area (Å²) in [6.07, 6.45) is -20.6. The lowest BCUT2D eigenvalue weighted by molar-refractivity contribution is -0.339. The van der Waals surface area contributed by atoms with Crippen LogP contribution in [0.3, 0.4) is 0 Å². The molecule has 0 saturated heterocycles. The van der Waals surface area contributed by atoms with Gasteiger partial charge in [0.25, 0.3) is 5.90 Å². The van der Waals surface area contributed by atoms with E-state index >= 15 is 0 Å². The largest absolute Gasteiger partial charge is 0.460 e. The predicted molar refractivity (Wildman–Crippen MR) is 72.2 cm³/mol. The third kappa shape index (κ3) is 3.88. The van der Waals surface area contributed by atoms with E-state index in [-0.39, 0.29) is 0 Å². The number of aliphatic imine (C=N–C) groups is 2. The van der Waals surface area contributed by atoms with Crippen molar-refractivity contribution in [3.05, 3.63) is 35.6 Å². The Hall–Kier alpha value is -2.62. The summed E-state index contributed by atoms with van der Waals surface area (Å²) in [7, 11) is 0. The molecule has 0 saturated carbocycles. The van der Waals surface area contributed by atoms with Crippen LogP contribution in [0.1, 0.15) is 5.56 Å². The second-order valence-corrected chi connectivity index (χ2v) is 5.76. The molecule has 0 aromatic heterocycles. The number of nitrogens with zero attached hydrogens (tertiary/aromatic N) is 2. The van der Waals surface area contributed by atoms with E-state index in [4.69, 9.17) is 0 Å². The highest BCUT2D eigenvalue weighted by Gasteiger charge is 2.79. The first kappa shape index (κ1) is 24.6. The van der Waals surface area contributed by atoms with E-state index in [1.165, 1.54) is 4.99 Å². The third-order valence-electron chi connectivity index (χ3n) is 3.62. The molecular weight excluding hydrogens is 478 g/mol. The fourth-order valence-electron chi connectivity index (χ4n) is 2.03. The highest BCUT2D eigenvalue weighted by Crippen LogP contribution is 2.52. The summed E-state index contributed by atoms with van der Waals surface area (Å²) in [5, 5.41) is 0. The van der Waals surface area contributed by atoms with Crippen molar-refractivity contribution in [1.29, 1.82) is 0 Å². The van der Waals surface area contributed by atoms with Crippen LogP contribution in [0.2, 0.25) is 0 Å². The van der Waals surface area contributed by atoms with Gasteiger partial charge in [0, 0.05) is 5.56 Å². The van der Waals surface area contributed by atoms with Crippen LogP contribution in [-0.2, 0) is 4.74 Å². The van der Waals surface area contributed by atoms with Gasteiger partial charge < -0.3 is 4.74 Å². The van der Waals surface area contributed by atoms with E-state index in [9.17, 15) is 61.5 Å². The van der Waals surface area contributed by atoms with Crippen LogP contribution in [0, 0.1) is 5.82 Å². The highest BCUT2D eigenvalue weighted by molar-refractivity contribution is 6.05. The normalized spacial score (nSPS) is 18.3. The van der Waals surface area contributed by atoms with Crippen LogP contribution in [0.15, 0.2) is 34.3 Å². The van der Waals surface area contributed by atoms with Crippen LogP contribution in [0.4, 0.5) is 61.5 Å². The molecule has 1 aliphatic heterocycles. The van der Waals surface area contributed by atoms with Gasteiger partial charge in [-0.15, -0.1) is 0 Å². The molecule has 1 aromatic rings. The molecule has 0 aliphatic carbocycles. The average Bonchev–Trinajstić information content (AvgIpc) is 2.58. The van der Waals surface area contributed by atoms with Crippen molar-refractivity contribution in [1.82, 2.24) is 0 Å². The van der Waals surface area contributed by atoms with E-state index in [0.29, 0.717) is 24.3 Å². The van der Waals surface area contributed by atoms with Gasteiger partial charge in [-0.05, 0) is 24.3 Å². The van der Waals surface area contributed by atoms with Crippen molar-refractivity contribution < 1.29 is 66.2 Å². The first-order valence-electron chi connectivity index (χ1n) is 7.27. The van der Waals surface area contributed by atoms with Gasteiger partial charge in [0.1, 0.15) is 5.82 Å². The van der Waals surface area contributed by atoms with E-state index in [2.05, 4.69) is 4.74 Å². The molecule has 2 rings (SSSR count). The fourth-order valence-corrected chi connectivity index (χ4v) is 2.03. The molecule has 1 aliphatic rings. The number of ether oxygens (including phenoxy) is 1. The summed E-state index contributed by atoms with van der Waals surface area (Å²) in [4.78, 5) is 3.39. The molecule has 3 nitrogen and oxygen atoms in total. The quantitative estimate of drug-likeness (QED) is 0.513. The first-order chi connectivity index (χ1) is 13.7. The molecular formula is C14H4F14N2O. The fraction of sp³-hybridized carbons (Fsp3) is 0.429. The Morgan fingerprint density at radius 3 is 1.52 bits per heavy atom. The van der Waals surface area contributed by atoms with Gasteiger partial charge in [0.15, 0.2) is 0 Å². The summed E-state index contributed by atoms with van der Waals surface area (Å²) < 4.78 is 187. The van der Waals surface area contributed by atoms with Crippen LogP contribution in [0.5, 0.6) is 0 Å². The van der Waals surface area contributed by atoms with Gasteiger partial charge in [0.2, 0.25) is 5.90 Å². The maximum atomic E-state index is 13.9. The Morgan fingerprint density at radius 1 is 0.677 bits per heavy atom. The zero-order chi connectivity index (χ0) is 24.3. The lowest BCUT2D eigenvalue weighted by Crippen LogP contribution is -2.62. The van der Waals surface area contributed by atoms with Crippen molar-refractivity contribution in [2.45, 2.75) is 36.0 Å². The smallest absolute Gasteiger partial charge is 0.418 e. The molecule has 17 heteroatoms. The Bertz CT molecular complexity index is 878. The molecule has 0 N–H and O–H groups in total. The van der Waals surface area contributed by atoms with Gasteiger partial charge in [-0.2, -0.15) is 57.1 Å². The maximum Gasteiger partial charge on any atom is 0.460 e. The molecule has 1 aromatic carbocycles. The maximum absolute atomic E-state index is 13.9. The minimum atomic E-state index is -7.20. The van der Waals surface area contributed by atoms with Crippen molar-refractivity contribution >= 4 is 11.8 Å². The molecule has 174 valence electrons. The summed E-state index contributed by atoms with van der Waals surface area (Å²) in [5.74, 6) is -20.8. The number of alkyl halides is 13. The summed E-state index contributed by atoms with van der Waals surface area (Å²) in [6, 6.07) is 1.43. The van der Waals surface area contributed by atoms with Gasteiger partial charge in [0.05, 0.1) is 0 Å². The molecule has 0 spiro atoms. The van der Waals surface area contributed by atoms with E-state index in [1.807, 2.05) is 4.99 Å². The van der Waals surface area contributed by atoms with Gasteiger partial charge in [-0.25, -0.2) is 14.4 Å². The Morgan fingerprint density at radius 2 is 1.13 bits per heavy atom. The first-order valence-corrected chi connectivity index (χ1v) is 7.27. The number of hydrogen-bond acceptors (Lipinski definition) is 3. The minimum absolute atomic E-state index is 0.342. The summed E-state index contributed by atoms with van der Waals surface area (Å²) in [5.41, 5.74) is -7.03. The zero-order valence-corrected chi connectivity index (χ0v) is 13.9. The SMILES string of the molecule is Fc1ccc(C2=NC(C(F)(F)F)(C(F)(F)F)N=C(C(F)(F)C(F)(F)C(F)(F)F)O2)cc1. The molecule has 0 fully saturated rings. The Labute approximate surface area is 161 Å². The Balaban J connectivity index is 2.84. The van der Waals surface area contributed by atoms with Crippen molar-refractivity contribution in [2.24, 2.45) is 9.98 Å². The van der Waals surface area contributed by atoms with E-state index < -0.39 is 59.2 Å².